The van der Waals surface area contributed by atoms with Gasteiger partial charge in [0.1, 0.15) is 23.6 Å². The molecule has 0 bridgehead atoms. The van der Waals surface area contributed by atoms with Gasteiger partial charge >= 0.3 is 6.09 Å². The molecule has 1 saturated carbocycles. The van der Waals surface area contributed by atoms with Crippen molar-refractivity contribution >= 4 is 63.7 Å². The molecule has 5 rings (SSSR count). The molecule has 13 nitrogen and oxygen atoms in total. The highest BCUT2D eigenvalue weighted by Crippen LogP contribution is 2.34. The van der Waals surface area contributed by atoms with Crippen LogP contribution in [0.1, 0.15) is 36.2 Å². The van der Waals surface area contributed by atoms with E-state index < -0.39 is 12.0 Å². The van der Waals surface area contributed by atoms with Gasteiger partial charge in [0.05, 0.1) is 23.5 Å². The summed E-state index contributed by atoms with van der Waals surface area (Å²) >= 11 is 5.86. The molecule has 1 aliphatic heterocycles. The van der Waals surface area contributed by atoms with E-state index in [-0.39, 0.29) is 64.4 Å². The topological polar surface area (TPSA) is 176 Å². The van der Waals surface area contributed by atoms with Crippen LogP contribution in [0.2, 0.25) is 5.02 Å². The van der Waals surface area contributed by atoms with E-state index in [9.17, 15) is 19.2 Å². The summed E-state index contributed by atoms with van der Waals surface area (Å²) in [6.45, 7) is 1.14. The minimum Gasteiger partial charge on any atom is -0.465 e. The van der Waals surface area contributed by atoms with Gasteiger partial charge in [0.2, 0.25) is 17.6 Å². The fourth-order valence-electron chi connectivity index (χ4n) is 4.86. The summed E-state index contributed by atoms with van der Waals surface area (Å²) in [6, 6.07) is 4.49. The molecule has 14 heteroatoms. The Balaban J connectivity index is 1.36. The Morgan fingerprint density at radius 3 is 2.54 bits per heavy atom. The molecular weight excluding hydrogens is 532 g/mol. The number of fused-ring (bicyclic) bond motifs is 1. The summed E-state index contributed by atoms with van der Waals surface area (Å²) in [5, 5.41) is 17.0. The van der Waals surface area contributed by atoms with E-state index in [0.29, 0.717) is 43.9 Å². The Morgan fingerprint density at radius 1 is 1.05 bits per heavy atom. The molecule has 2 fully saturated rings. The Bertz CT molecular complexity index is 1420. The van der Waals surface area contributed by atoms with Crippen LogP contribution in [0.5, 0.6) is 0 Å². The van der Waals surface area contributed by atoms with Crippen LogP contribution in [0.4, 0.5) is 22.0 Å². The zero-order valence-corrected chi connectivity index (χ0v) is 21.4. The number of furan rings is 1. The van der Waals surface area contributed by atoms with Crippen molar-refractivity contribution in [3.63, 3.8) is 0 Å². The average Bonchev–Trinajstić information content (AvgIpc) is 3.27. The third-order valence-corrected chi connectivity index (χ3v) is 6.96. The van der Waals surface area contributed by atoms with Gasteiger partial charge in [-0.3, -0.25) is 19.7 Å². The maximum atomic E-state index is 13.3. The number of nitrogens with one attached hydrogen (secondary N) is 3. The normalized spacial score (nSPS) is 19.5. The SMILES string of the molecule is O=C(O)Nc1cnc2c(NC(=O)C3CCC(N4CCOCC4=O)CC3)c(C(=O)Nc3ccc(Cl)cn3)oc2c1. The molecule has 4 amide bonds. The molecule has 1 aliphatic carbocycles. The second kappa shape index (κ2) is 11.3. The van der Waals surface area contributed by atoms with Gasteiger partial charge in [-0.2, -0.15) is 0 Å². The van der Waals surface area contributed by atoms with Gasteiger partial charge < -0.3 is 29.8 Å². The molecule has 1 saturated heterocycles. The molecular formula is C25H25ClN6O7. The van der Waals surface area contributed by atoms with Crippen molar-refractivity contribution in [2.75, 3.05) is 35.7 Å². The van der Waals surface area contributed by atoms with E-state index in [1.165, 1.54) is 24.5 Å². The number of nitrogens with zero attached hydrogens (tertiary/aromatic N) is 3. The fourth-order valence-corrected chi connectivity index (χ4v) is 4.97. The number of morpholine rings is 1. The molecule has 0 aromatic carbocycles. The number of carbonyl (C=O) groups excluding carboxylic acids is 3. The number of anilines is 3. The van der Waals surface area contributed by atoms with E-state index in [4.69, 9.17) is 25.9 Å². The first kappa shape index (κ1) is 26.4. The maximum Gasteiger partial charge on any atom is 0.409 e. The number of halogens is 1. The molecule has 2 aliphatic rings. The number of rotatable bonds is 6. The molecule has 0 atom stereocenters. The number of amides is 4. The molecule has 0 unspecified atom stereocenters. The predicted octanol–water partition coefficient (Wildman–Crippen LogP) is 3.57. The van der Waals surface area contributed by atoms with Crippen molar-refractivity contribution < 1.29 is 33.4 Å². The molecule has 0 radical (unpaired) electrons. The first-order chi connectivity index (χ1) is 18.8. The number of carboxylic acid groups (broad SMARTS) is 1. The van der Waals surface area contributed by atoms with Crippen molar-refractivity contribution in [3.05, 3.63) is 41.4 Å². The summed E-state index contributed by atoms with van der Waals surface area (Å²) < 4.78 is 11.0. The Kier molecular flexibility index (Phi) is 7.61. The Hall–Kier alpha value is -4.23. The minimum atomic E-state index is -1.29. The first-order valence-corrected chi connectivity index (χ1v) is 12.7. The van der Waals surface area contributed by atoms with E-state index in [1.54, 1.807) is 6.07 Å². The molecule has 4 N–H and O–H groups in total. The van der Waals surface area contributed by atoms with Crippen molar-refractivity contribution in [1.29, 1.82) is 0 Å². The van der Waals surface area contributed by atoms with Crippen LogP contribution in [-0.4, -0.2) is 69.6 Å². The van der Waals surface area contributed by atoms with E-state index in [0.717, 1.165) is 0 Å². The summed E-state index contributed by atoms with van der Waals surface area (Å²) in [5.41, 5.74) is 0.471. The lowest BCUT2D eigenvalue weighted by atomic mass is 9.84. The van der Waals surface area contributed by atoms with Crippen LogP contribution < -0.4 is 16.0 Å². The van der Waals surface area contributed by atoms with Crippen LogP contribution in [0.15, 0.2) is 35.0 Å². The van der Waals surface area contributed by atoms with Crippen molar-refractivity contribution in [3.8, 4) is 0 Å². The van der Waals surface area contributed by atoms with Gasteiger partial charge in [0, 0.05) is 30.8 Å². The standard InChI is InChI=1S/C25H25ClN6O7/c26-14-3-6-18(27-10-14)30-24(35)22-21(20-17(39-22)9-15(11-28-20)29-25(36)37)31-23(34)13-1-4-16(5-2-13)32-7-8-38-12-19(32)33/h3,6,9-11,13,16,29H,1-2,4-5,7-8,12H2,(H,31,34)(H,36,37)(H,27,30,35). The predicted molar refractivity (Wildman–Crippen MR) is 140 cm³/mol. The molecule has 39 heavy (non-hydrogen) atoms. The van der Waals surface area contributed by atoms with E-state index in [1.807, 2.05) is 4.90 Å². The van der Waals surface area contributed by atoms with Crippen LogP contribution in [-0.2, 0) is 14.3 Å². The first-order valence-electron chi connectivity index (χ1n) is 12.3. The monoisotopic (exact) mass is 556 g/mol. The van der Waals surface area contributed by atoms with Crippen molar-refractivity contribution in [2.45, 2.75) is 31.7 Å². The Labute approximate surface area is 226 Å². The maximum absolute atomic E-state index is 13.3. The summed E-state index contributed by atoms with van der Waals surface area (Å²) in [6.07, 6.45) is 3.80. The third-order valence-electron chi connectivity index (χ3n) is 6.73. The molecule has 3 aromatic heterocycles. The number of ether oxygens (including phenoxy) is 1. The van der Waals surface area contributed by atoms with Crippen LogP contribution in [0.25, 0.3) is 11.1 Å². The lowest BCUT2D eigenvalue weighted by Crippen LogP contribution is -2.49. The fraction of sp³-hybridized carbons (Fsp3) is 0.360. The highest BCUT2D eigenvalue weighted by Gasteiger charge is 2.34. The smallest absolute Gasteiger partial charge is 0.409 e. The molecule has 204 valence electrons. The molecule has 3 aromatic rings. The minimum absolute atomic E-state index is 0.0346. The van der Waals surface area contributed by atoms with Crippen LogP contribution >= 0.6 is 11.6 Å². The Morgan fingerprint density at radius 2 is 1.85 bits per heavy atom. The number of pyridine rings is 2. The second-order valence-corrected chi connectivity index (χ2v) is 9.69. The number of carbonyl (C=O) groups is 4. The lowest BCUT2D eigenvalue weighted by molar-refractivity contribution is -0.146. The van der Waals surface area contributed by atoms with Gasteiger partial charge in [-0.25, -0.2) is 14.8 Å². The number of aromatic nitrogens is 2. The van der Waals surface area contributed by atoms with Crippen LogP contribution in [0.3, 0.4) is 0 Å². The van der Waals surface area contributed by atoms with Crippen LogP contribution in [0, 0.1) is 5.92 Å². The number of hydrogen-bond acceptors (Lipinski definition) is 8. The van der Waals surface area contributed by atoms with Gasteiger partial charge in [-0.15, -0.1) is 0 Å². The zero-order chi connectivity index (χ0) is 27.5. The average molecular weight is 557 g/mol. The van der Waals surface area contributed by atoms with Gasteiger partial charge in [-0.1, -0.05) is 11.6 Å². The molecule has 4 heterocycles. The van der Waals surface area contributed by atoms with E-state index >= 15 is 0 Å². The van der Waals surface area contributed by atoms with E-state index in [2.05, 4.69) is 25.9 Å². The third kappa shape index (κ3) is 5.94. The molecule has 0 spiro atoms. The zero-order valence-electron chi connectivity index (χ0n) is 20.6. The van der Waals surface area contributed by atoms with Gasteiger partial charge in [0.15, 0.2) is 5.58 Å². The number of hydrogen-bond donors (Lipinski definition) is 4. The highest BCUT2D eigenvalue weighted by atomic mass is 35.5. The summed E-state index contributed by atoms with van der Waals surface area (Å²) in [7, 11) is 0. The lowest BCUT2D eigenvalue weighted by Gasteiger charge is -2.38. The van der Waals surface area contributed by atoms with Crippen molar-refractivity contribution in [2.24, 2.45) is 5.92 Å². The second-order valence-electron chi connectivity index (χ2n) is 9.26. The quantitative estimate of drug-likeness (QED) is 0.353. The summed E-state index contributed by atoms with van der Waals surface area (Å²) in [4.78, 5) is 59.8. The largest absolute Gasteiger partial charge is 0.465 e. The van der Waals surface area contributed by atoms with Gasteiger partial charge in [-0.05, 0) is 37.8 Å². The summed E-state index contributed by atoms with van der Waals surface area (Å²) in [5.74, 6) is -1.39. The van der Waals surface area contributed by atoms with Gasteiger partial charge in [0.25, 0.3) is 5.91 Å². The highest BCUT2D eigenvalue weighted by molar-refractivity contribution is 6.30. The van der Waals surface area contributed by atoms with Crippen molar-refractivity contribution in [1.82, 2.24) is 14.9 Å².